The van der Waals surface area contributed by atoms with E-state index in [0.717, 1.165) is 20.6 Å². The minimum atomic E-state index is 0.0754. The van der Waals surface area contributed by atoms with Gasteiger partial charge in [0.2, 0.25) is 0 Å². The van der Waals surface area contributed by atoms with Gasteiger partial charge in [0.1, 0.15) is 5.75 Å². The molecule has 0 unspecified atom stereocenters. The minimum Gasteiger partial charge on any atom is -0.490 e. The average molecular weight is 325 g/mol. The number of nitrogen functional groups attached to an aromatic ring is 1. The summed E-state index contributed by atoms with van der Waals surface area (Å²) in [6, 6.07) is 5.66. The van der Waals surface area contributed by atoms with Crippen LogP contribution >= 0.6 is 15.9 Å². The Bertz CT molecular complexity index is 595. The van der Waals surface area contributed by atoms with Gasteiger partial charge in [0, 0.05) is 10.0 Å². The van der Waals surface area contributed by atoms with Crippen LogP contribution in [0.2, 0.25) is 0 Å². The molecule has 1 heterocycles. The summed E-state index contributed by atoms with van der Waals surface area (Å²) >= 11 is 3.41. The van der Waals surface area contributed by atoms with Crippen molar-refractivity contribution >= 4 is 28.1 Å². The van der Waals surface area contributed by atoms with Crippen LogP contribution in [-0.4, -0.2) is 32.6 Å². The van der Waals surface area contributed by atoms with Gasteiger partial charge < -0.3 is 10.5 Å². The van der Waals surface area contributed by atoms with Crippen LogP contribution in [0.3, 0.4) is 0 Å². The van der Waals surface area contributed by atoms with Crippen molar-refractivity contribution in [1.29, 1.82) is 0 Å². The first kappa shape index (κ1) is 13.5. The zero-order valence-electron chi connectivity index (χ0n) is 10.5. The van der Waals surface area contributed by atoms with E-state index in [-0.39, 0.29) is 12.1 Å². The van der Waals surface area contributed by atoms with Crippen LogP contribution in [0.1, 0.15) is 19.4 Å². The maximum Gasteiger partial charge on any atom is 0.263 e. The second kappa shape index (κ2) is 5.79. The Kier molecular flexibility index (Phi) is 4.10. The van der Waals surface area contributed by atoms with Crippen LogP contribution in [0.5, 0.6) is 5.75 Å². The smallest absolute Gasteiger partial charge is 0.263 e. The molecule has 0 aliphatic rings. The van der Waals surface area contributed by atoms with E-state index in [4.69, 9.17) is 10.5 Å². The van der Waals surface area contributed by atoms with Crippen LogP contribution in [0.4, 0.5) is 5.95 Å². The number of hydrogen-bond donors (Lipinski definition) is 1. The molecule has 0 saturated heterocycles. The number of nitrogens with two attached hydrogens (primary N) is 1. The largest absolute Gasteiger partial charge is 0.490 e. The monoisotopic (exact) mass is 324 g/mol. The number of benzene rings is 1. The highest BCUT2D eigenvalue weighted by Gasteiger charge is 2.05. The summed E-state index contributed by atoms with van der Waals surface area (Å²) in [6.45, 7) is 3.92. The zero-order chi connectivity index (χ0) is 13.8. The standard InChI is InChI=1S/C11H13BrN6O/c1-7(2)19-10-4-3-9(12)5-8(10)6-14-18-11(13)15-16-17-18/h3-7H,1-2H3,(H2,13,15,17)/b14-6-. The lowest BCUT2D eigenvalue weighted by atomic mass is 10.2. The lowest BCUT2D eigenvalue weighted by molar-refractivity contribution is 0.242. The summed E-state index contributed by atoms with van der Waals surface area (Å²) in [6.07, 6.45) is 1.67. The molecule has 0 amide bonds. The van der Waals surface area contributed by atoms with Crippen molar-refractivity contribution in [3.8, 4) is 5.75 Å². The molecule has 0 atom stereocenters. The number of anilines is 1. The van der Waals surface area contributed by atoms with Crippen LogP contribution in [0, 0.1) is 0 Å². The highest BCUT2D eigenvalue weighted by molar-refractivity contribution is 9.10. The number of aromatic nitrogens is 4. The van der Waals surface area contributed by atoms with Crippen LogP contribution in [0.15, 0.2) is 27.8 Å². The van der Waals surface area contributed by atoms with Gasteiger partial charge >= 0.3 is 0 Å². The Balaban J connectivity index is 2.30. The van der Waals surface area contributed by atoms with E-state index in [9.17, 15) is 0 Å². The van der Waals surface area contributed by atoms with E-state index in [1.165, 1.54) is 0 Å². The van der Waals surface area contributed by atoms with Gasteiger partial charge in [-0.25, -0.2) is 0 Å². The topological polar surface area (TPSA) is 91.2 Å². The summed E-state index contributed by atoms with van der Waals surface area (Å²) in [5, 5.41) is 14.6. The molecule has 0 radical (unpaired) electrons. The van der Waals surface area contributed by atoms with Gasteiger partial charge in [-0.15, -0.1) is 0 Å². The lowest BCUT2D eigenvalue weighted by Gasteiger charge is -2.12. The Labute approximate surface area is 118 Å². The molecule has 1 aromatic heterocycles. The molecule has 0 aliphatic heterocycles. The van der Waals surface area contributed by atoms with E-state index in [2.05, 4.69) is 36.6 Å². The van der Waals surface area contributed by atoms with Crippen LogP contribution < -0.4 is 10.5 Å². The molecule has 100 valence electrons. The zero-order valence-corrected chi connectivity index (χ0v) is 12.1. The first-order valence-electron chi connectivity index (χ1n) is 5.60. The molecular formula is C11H13BrN6O. The van der Waals surface area contributed by atoms with Crippen molar-refractivity contribution in [3.05, 3.63) is 28.2 Å². The SMILES string of the molecule is CC(C)Oc1ccc(Br)cc1/C=N\n1nnnc1N. The molecule has 1 aromatic carbocycles. The number of tetrazole rings is 1. The van der Waals surface area contributed by atoms with Crippen molar-refractivity contribution < 1.29 is 4.74 Å². The Hall–Kier alpha value is -1.96. The summed E-state index contributed by atoms with van der Waals surface area (Å²) < 4.78 is 6.62. The summed E-state index contributed by atoms with van der Waals surface area (Å²) in [5.74, 6) is 0.853. The van der Waals surface area contributed by atoms with Gasteiger partial charge in [0.15, 0.2) is 0 Å². The Morgan fingerprint density at radius 3 is 2.89 bits per heavy atom. The number of halogens is 1. The van der Waals surface area contributed by atoms with E-state index in [1.54, 1.807) is 6.21 Å². The molecule has 7 nitrogen and oxygen atoms in total. The Morgan fingerprint density at radius 2 is 2.26 bits per heavy atom. The van der Waals surface area contributed by atoms with E-state index in [0.29, 0.717) is 0 Å². The van der Waals surface area contributed by atoms with Gasteiger partial charge in [0.25, 0.3) is 5.95 Å². The Morgan fingerprint density at radius 1 is 1.47 bits per heavy atom. The van der Waals surface area contributed by atoms with Gasteiger partial charge in [-0.2, -0.15) is 5.10 Å². The molecule has 0 saturated carbocycles. The van der Waals surface area contributed by atoms with Crippen LogP contribution in [0.25, 0.3) is 0 Å². The number of ether oxygens (including phenoxy) is 1. The third-order valence-electron chi connectivity index (χ3n) is 2.12. The van der Waals surface area contributed by atoms with Crippen molar-refractivity contribution in [3.63, 3.8) is 0 Å². The first-order chi connectivity index (χ1) is 9.06. The third kappa shape index (κ3) is 3.50. The van der Waals surface area contributed by atoms with Crippen molar-refractivity contribution in [2.75, 3.05) is 5.73 Å². The normalized spacial score (nSPS) is 11.4. The first-order valence-corrected chi connectivity index (χ1v) is 6.40. The van der Waals surface area contributed by atoms with Crippen molar-refractivity contribution in [2.24, 2.45) is 5.10 Å². The fourth-order valence-corrected chi connectivity index (χ4v) is 1.75. The minimum absolute atomic E-state index is 0.0754. The summed E-state index contributed by atoms with van der Waals surface area (Å²) in [4.78, 5) is 1.14. The summed E-state index contributed by atoms with van der Waals surface area (Å²) in [7, 11) is 0. The van der Waals surface area contributed by atoms with Gasteiger partial charge in [-0.05, 0) is 42.5 Å². The van der Waals surface area contributed by atoms with Crippen LogP contribution in [-0.2, 0) is 0 Å². The summed E-state index contributed by atoms with van der Waals surface area (Å²) in [5.41, 5.74) is 6.33. The highest BCUT2D eigenvalue weighted by Crippen LogP contribution is 2.22. The quantitative estimate of drug-likeness (QED) is 0.864. The maximum atomic E-state index is 5.70. The number of hydrogen-bond acceptors (Lipinski definition) is 6. The van der Waals surface area contributed by atoms with Gasteiger partial charge in [-0.1, -0.05) is 25.8 Å². The molecule has 0 fully saturated rings. The molecule has 0 spiro atoms. The molecule has 0 aliphatic carbocycles. The maximum absolute atomic E-state index is 5.70. The second-order valence-corrected chi connectivity index (χ2v) is 4.94. The molecule has 2 aromatic rings. The average Bonchev–Trinajstić information content (AvgIpc) is 2.75. The van der Waals surface area contributed by atoms with E-state index >= 15 is 0 Å². The molecule has 19 heavy (non-hydrogen) atoms. The van der Waals surface area contributed by atoms with Crippen molar-refractivity contribution in [2.45, 2.75) is 20.0 Å². The molecular weight excluding hydrogens is 312 g/mol. The predicted octanol–water partition coefficient (Wildman–Crippen LogP) is 1.69. The molecule has 2 rings (SSSR count). The third-order valence-corrected chi connectivity index (χ3v) is 2.61. The van der Waals surface area contributed by atoms with Gasteiger partial charge in [0.05, 0.1) is 12.3 Å². The lowest BCUT2D eigenvalue weighted by Crippen LogP contribution is -2.07. The van der Waals surface area contributed by atoms with Crippen molar-refractivity contribution in [1.82, 2.24) is 20.3 Å². The van der Waals surface area contributed by atoms with Gasteiger partial charge in [-0.3, -0.25) is 0 Å². The number of nitrogens with zero attached hydrogens (tertiary/aromatic N) is 5. The van der Waals surface area contributed by atoms with E-state index < -0.39 is 0 Å². The highest BCUT2D eigenvalue weighted by atomic mass is 79.9. The fraction of sp³-hybridized carbons (Fsp3) is 0.273. The molecule has 8 heteroatoms. The van der Waals surface area contributed by atoms with E-state index in [1.807, 2.05) is 32.0 Å². The fourth-order valence-electron chi connectivity index (χ4n) is 1.37. The molecule has 0 bridgehead atoms. The second-order valence-electron chi connectivity index (χ2n) is 4.02. The predicted molar refractivity (Wildman–Crippen MR) is 75.1 cm³/mol. The number of rotatable bonds is 4. The molecule has 2 N–H and O–H groups in total.